The monoisotopic (exact) mass is 585 g/mol. The van der Waals surface area contributed by atoms with Gasteiger partial charge in [-0.2, -0.15) is 13.2 Å². The van der Waals surface area contributed by atoms with E-state index >= 15 is 0 Å². The fourth-order valence-electron chi connectivity index (χ4n) is 4.03. The van der Waals surface area contributed by atoms with Crippen LogP contribution >= 0.6 is 11.8 Å². The number of nitrogens with one attached hydrogen (secondary N) is 2. The summed E-state index contributed by atoms with van der Waals surface area (Å²) in [6.45, 7) is 0.437. The van der Waals surface area contributed by atoms with E-state index < -0.39 is 23.7 Å². The zero-order valence-electron chi connectivity index (χ0n) is 21.1. The summed E-state index contributed by atoms with van der Waals surface area (Å²) in [5.41, 5.74) is 0.135. The van der Waals surface area contributed by atoms with Gasteiger partial charge in [0.25, 0.3) is 0 Å². The van der Waals surface area contributed by atoms with E-state index in [9.17, 15) is 38.1 Å². The second-order valence-electron chi connectivity index (χ2n) is 8.99. The third-order valence-corrected chi connectivity index (χ3v) is 6.24. The normalized spacial score (nSPS) is 11.3. The molecule has 4 aromatic carbocycles. The van der Waals surface area contributed by atoms with Crippen LogP contribution in [-0.2, 0) is 19.3 Å². The van der Waals surface area contributed by atoms with Gasteiger partial charge in [-0.05, 0) is 77.5 Å². The SMILES string of the molecule is O=C(O)c1ccccc1Nc1ccc(C(F)(F)F)cc1Nc1ccc(CN(Cl)Cc2ccc(O)cc2)cc1C(=O)O. The van der Waals surface area contributed by atoms with Gasteiger partial charge in [0.1, 0.15) is 5.75 Å². The molecule has 0 fully saturated rings. The fourth-order valence-corrected chi connectivity index (χ4v) is 4.31. The summed E-state index contributed by atoms with van der Waals surface area (Å²) in [5, 5.41) is 34.4. The molecule has 0 spiro atoms. The van der Waals surface area contributed by atoms with Crippen molar-refractivity contribution < 1.29 is 38.1 Å². The Kier molecular flexibility index (Phi) is 8.70. The van der Waals surface area contributed by atoms with Crippen LogP contribution in [0.5, 0.6) is 5.75 Å². The van der Waals surface area contributed by atoms with Gasteiger partial charge in [-0.25, -0.2) is 14.0 Å². The lowest BCUT2D eigenvalue weighted by atomic mass is 10.1. The van der Waals surface area contributed by atoms with Gasteiger partial charge >= 0.3 is 18.1 Å². The maximum atomic E-state index is 13.5. The Bertz CT molecular complexity index is 1580. The molecule has 0 heterocycles. The topological polar surface area (TPSA) is 122 Å². The Labute approximate surface area is 237 Å². The van der Waals surface area contributed by atoms with Crippen molar-refractivity contribution >= 4 is 46.5 Å². The van der Waals surface area contributed by atoms with Crippen LogP contribution in [0, 0.1) is 0 Å². The maximum Gasteiger partial charge on any atom is 0.416 e. The second-order valence-corrected chi connectivity index (χ2v) is 9.47. The second kappa shape index (κ2) is 12.2. The molecule has 0 saturated carbocycles. The summed E-state index contributed by atoms with van der Waals surface area (Å²) in [6.07, 6.45) is -4.69. The number of nitrogens with zero attached hydrogens (tertiary/aromatic N) is 1. The molecule has 0 saturated heterocycles. The molecular weight excluding hydrogens is 563 g/mol. The minimum absolute atomic E-state index is 0.00908. The highest BCUT2D eigenvalue weighted by Crippen LogP contribution is 2.37. The lowest BCUT2D eigenvalue weighted by molar-refractivity contribution is -0.137. The van der Waals surface area contributed by atoms with Crippen molar-refractivity contribution in [2.24, 2.45) is 0 Å². The minimum Gasteiger partial charge on any atom is -0.508 e. The number of phenolic OH excluding ortho intramolecular Hbond substituents is 1. The number of carboxylic acid groups (broad SMARTS) is 2. The number of benzene rings is 4. The third-order valence-electron chi connectivity index (χ3n) is 6.00. The molecule has 0 aromatic heterocycles. The number of halogens is 4. The molecule has 0 amide bonds. The first-order chi connectivity index (χ1) is 19.4. The van der Waals surface area contributed by atoms with Gasteiger partial charge in [-0.1, -0.05) is 30.3 Å². The van der Waals surface area contributed by atoms with Crippen LogP contribution in [0.3, 0.4) is 0 Å². The van der Waals surface area contributed by atoms with Crippen molar-refractivity contribution in [3.05, 3.63) is 113 Å². The largest absolute Gasteiger partial charge is 0.508 e. The smallest absolute Gasteiger partial charge is 0.416 e. The Balaban J connectivity index is 1.64. The number of para-hydroxylation sites is 1. The molecular formula is C29H23ClF3N3O5. The van der Waals surface area contributed by atoms with Crippen molar-refractivity contribution in [1.82, 2.24) is 4.42 Å². The van der Waals surface area contributed by atoms with E-state index in [2.05, 4.69) is 10.6 Å². The van der Waals surface area contributed by atoms with Crippen molar-refractivity contribution in [3.8, 4) is 5.75 Å². The first-order valence-corrected chi connectivity index (χ1v) is 12.4. The molecule has 212 valence electrons. The fraction of sp³-hybridized carbons (Fsp3) is 0.103. The Hall–Kier alpha value is -4.74. The molecule has 4 aromatic rings. The number of aromatic hydroxyl groups is 1. The molecule has 41 heavy (non-hydrogen) atoms. The van der Waals surface area contributed by atoms with E-state index in [0.717, 1.165) is 23.8 Å². The average Bonchev–Trinajstić information content (AvgIpc) is 2.91. The van der Waals surface area contributed by atoms with Gasteiger partial charge in [0.05, 0.1) is 39.4 Å². The van der Waals surface area contributed by atoms with E-state index in [0.29, 0.717) is 12.1 Å². The Morgan fingerprint density at radius 3 is 1.93 bits per heavy atom. The Morgan fingerprint density at radius 1 is 0.707 bits per heavy atom. The molecule has 0 atom stereocenters. The number of carboxylic acids is 2. The van der Waals surface area contributed by atoms with Crippen LogP contribution in [0.1, 0.15) is 37.4 Å². The third kappa shape index (κ3) is 7.47. The van der Waals surface area contributed by atoms with E-state index in [-0.39, 0.29) is 46.2 Å². The number of hydrogen-bond acceptors (Lipinski definition) is 6. The first kappa shape index (κ1) is 29.2. The van der Waals surface area contributed by atoms with Crippen LogP contribution in [0.15, 0.2) is 84.9 Å². The van der Waals surface area contributed by atoms with E-state index in [1.54, 1.807) is 24.3 Å². The van der Waals surface area contributed by atoms with Crippen LogP contribution in [-0.4, -0.2) is 31.7 Å². The predicted molar refractivity (Wildman–Crippen MR) is 148 cm³/mol. The summed E-state index contributed by atoms with van der Waals surface area (Å²) in [7, 11) is 0. The van der Waals surface area contributed by atoms with Crippen molar-refractivity contribution in [2.45, 2.75) is 19.3 Å². The van der Waals surface area contributed by atoms with Gasteiger partial charge in [0, 0.05) is 13.1 Å². The highest BCUT2D eigenvalue weighted by molar-refractivity contribution is 6.13. The molecule has 5 N–H and O–H groups in total. The zero-order valence-corrected chi connectivity index (χ0v) is 21.9. The van der Waals surface area contributed by atoms with Crippen LogP contribution < -0.4 is 10.6 Å². The molecule has 0 aliphatic heterocycles. The lowest BCUT2D eigenvalue weighted by Gasteiger charge is -2.19. The number of rotatable bonds is 10. The van der Waals surface area contributed by atoms with Gasteiger partial charge in [-0.15, -0.1) is 0 Å². The molecule has 0 radical (unpaired) electrons. The predicted octanol–water partition coefficient (Wildman–Crippen LogP) is 7.45. The molecule has 0 bridgehead atoms. The number of anilines is 4. The number of alkyl halides is 3. The molecule has 4 rings (SSSR count). The van der Waals surface area contributed by atoms with E-state index in [1.165, 1.54) is 46.9 Å². The van der Waals surface area contributed by atoms with Gasteiger partial charge < -0.3 is 26.0 Å². The number of aromatic carboxylic acids is 2. The quantitative estimate of drug-likeness (QED) is 0.122. The lowest BCUT2D eigenvalue weighted by Crippen LogP contribution is -2.13. The summed E-state index contributed by atoms with van der Waals surface area (Å²) in [5.74, 6) is -2.46. The number of hydrogen-bond donors (Lipinski definition) is 5. The number of carbonyl (C=O) groups is 2. The van der Waals surface area contributed by atoms with E-state index in [1.807, 2.05) is 0 Å². The first-order valence-electron chi connectivity index (χ1n) is 12.0. The van der Waals surface area contributed by atoms with Gasteiger partial charge in [-0.3, -0.25) is 0 Å². The van der Waals surface area contributed by atoms with Crippen LogP contribution in [0.25, 0.3) is 0 Å². The summed E-state index contributed by atoms with van der Waals surface area (Å²) in [4.78, 5) is 23.7. The summed E-state index contributed by atoms with van der Waals surface area (Å²) >= 11 is 6.34. The van der Waals surface area contributed by atoms with Gasteiger partial charge in [0.15, 0.2) is 0 Å². The van der Waals surface area contributed by atoms with E-state index in [4.69, 9.17) is 11.8 Å². The molecule has 0 unspecified atom stereocenters. The molecule has 0 aliphatic carbocycles. The van der Waals surface area contributed by atoms with Gasteiger partial charge in [0.2, 0.25) is 0 Å². The highest BCUT2D eigenvalue weighted by atomic mass is 35.5. The molecule has 0 aliphatic rings. The standard InChI is InChI=1S/C29H23ClF3N3O5/c30-36(15-17-5-9-20(37)10-6-17)16-18-7-11-24(22(13-18)28(40)41)35-26-14-19(29(31,32)33)8-12-25(26)34-23-4-2-1-3-21(23)27(38)39/h1-14,34-35,37H,15-16H2,(H,38,39)(H,40,41). The van der Waals surface area contributed by atoms with Crippen LogP contribution in [0.4, 0.5) is 35.9 Å². The van der Waals surface area contributed by atoms with Crippen molar-refractivity contribution in [1.29, 1.82) is 0 Å². The summed E-state index contributed by atoms with van der Waals surface area (Å²) < 4.78 is 42.0. The van der Waals surface area contributed by atoms with Crippen LogP contribution in [0.2, 0.25) is 0 Å². The maximum absolute atomic E-state index is 13.5. The highest BCUT2D eigenvalue weighted by Gasteiger charge is 2.31. The Morgan fingerprint density at radius 2 is 1.27 bits per heavy atom. The van der Waals surface area contributed by atoms with Crippen molar-refractivity contribution in [3.63, 3.8) is 0 Å². The summed E-state index contributed by atoms with van der Waals surface area (Å²) in [6, 6.07) is 19.4. The molecule has 8 nitrogen and oxygen atoms in total. The number of phenols is 1. The average molecular weight is 586 g/mol. The van der Waals surface area contributed by atoms with Crippen molar-refractivity contribution in [2.75, 3.05) is 10.6 Å². The molecule has 12 heteroatoms. The minimum atomic E-state index is -4.69. The zero-order chi connectivity index (χ0) is 29.7.